The summed E-state index contributed by atoms with van der Waals surface area (Å²) in [5.74, 6) is 0.268. The molecule has 20 heavy (non-hydrogen) atoms. The third-order valence-corrected chi connectivity index (χ3v) is 4.38. The maximum atomic E-state index is 12.6. The average Bonchev–Trinajstić information content (AvgIpc) is 2.98. The van der Waals surface area contributed by atoms with Crippen molar-refractivity contribution in [3.63, 3.8) is 0 Å². The minimum absolute atomic E-state index is 0.0807. The number of ketones is 1. The molecule has 104 valence electrons. The van der Waals surface area contributed by atoms with Gasteiger partial charge in [-0.3, -0.25) is 4.79 Å². The van der Waals surface area contributed by atoms with Crippen molar-refractivity contribution >= 4 is 11.4 Å². The summed E-state index contributed by atoms with van der Waals surface area (Å²) in [6.07, 6.45) is 7.95. The summed E-state index contributed by atoms with van der Waals surface area (Å²) >= 11 is 0. The zero-order chi connectivity index (χ0) is 13.7. The lowest BCUT2D eigenvalue weighted by Gasteiger charge is -2.27. The maximum Gasteiger partial charge on any atom is 0.169 e. The third kappa shape index (κ3) is 1.93. The van der Waals surface area contributed by atoms with Gasteiger partial charge in [-0.05, 0) is 32.6 Å². The zero-order valence-electron chi connectivity index (χ0n) is 11.5. The summed E-state index contributed by atoms with van der Waals surface area (Å²) in [5, 5.41) is 4.32. The minimum Gasteiger partial charge on any atom is -0.375 e. The number of aryl methyl sites for hydroxylation is 1. The van der Waals surface area contributed by atoms with Gasteiger partial charge >= 0.3 is 0 Å². The highest BCUT2D eigenvalue weighted by Crippen LogP contribution is 2.37. The normalized spacial score (nSPS) is 28.9. The van der Waals surface area contributed by atoms with E-state index in [1.54, 1.807) is 16.9 Å². The van der Waals surface area contributed by atoms with Crippen LogP contribution >= 0.6 is 0 Å². The predicted octanol–water partition coefficient (Wildman–Crippen LogP) is 2.18. The fraction of sp³-hybridized carbons (Fsp3) is 0.533. The predicted molar refractivity (Wildman–Crippen MR) is 72.7 cm³/mol. The van der Waals surface area contributed by atoms with Crippen LogP contribution in [0.4, 0.5) is 0 Å². The molecule has 2 aromatic heterocycles. The first-order chi connectivity index (χ1) is 9.69. The van der Waals surface area contributed by atoms with Crippen LogP contribution in [0.5, 0.6) is 0 Å². The second-order valence-corrected chi connectivity index (χ2v) is 5.92. The van der Waals surface area contributed by atoms with E-state index in [1.807, 2.05) is 13.0 Å². The molecule has 4 heterocycles. The van der Waals surface area contributed by atoms with Crippen LogP contribution < -0.4 is 0 Å². The second kappa shape index (κ2) is 4.38. The van der Waals surface area contributed by atoms with Crippen molar-refractivity contribution in [2.45, 2.75) is 44.8 Å². The molecule has 2 saturated heterocycles. The molecule has 4 rings (SSSR count). The lowest BCUT2D eigenvalue weighted by atomic mass is 9.89. The number of aromatic nitrogens is 3. The van der Waals surface area contributed by atoms with E-state index in [-0.39, 0.29) is 23.9 Å². The fourth-order valence-electron chi connectivity index (χ4n) is 3.43. The van der Waals surface area contributed by atoms with Crippen molar-refractivity contribution in [3.8, 4) is 0 Å². The highest BCUT2D eigenvalue weighted by molar-refractivity contribution is 5.97. The molecule has 0 saturated carbocycles. The van der Waals surface area contributed by atoms with E-state index < -0.39 is 0 Å². The topological polar surface area (TPSA) is 56.5 Å². The second-order valence-electron chi connectivity index (χ2n) is 5.92. The Morgan fingerprint density at radius 2 is 2.10 bits per heavy atom. The van der Waals surface area contributed by atoms with Gasteiger partial charge in [0.05, 0.1) is 23.5 Å². The highest BCUT2D eigenvalue weighted by Gasteiger charge is 2.38. The molecular weight excluding hydrogens is 254 g/mol. The first-order valence-electron chi connectivity index (χ1n) is 7.21. The Balaban J connectivity index is 1.63. The van der Waals surface area contributed by atoms with Crippen molar-refractivity contribution in [1.82, 2.24) is 14.6 Å². The monoisotopic (exact) mass is 271 g/mol. The van der Waals surface area contributed by atoms with Gasteiger partial charge in [0, 0.05) is 24.4 Å². The van der Waals surface area contributed by atoms with Crippen LogP contribution in [0.15, 0.2) is 18.5 Å². The van der Waals surface area contributed by atoms with E-state index >= 15 is 0 Å². The number of ether oxygens (including phenoxy) is 1. The zero-order valence-corrected chi connectivity index (χ0v) is 11.5. The SMILES string of the molecule is Cc1cc2ncc(C(=O)C3CC4CCC(C3)O4)cn2n1. The standard InChI is InChI=1S/C15H17N3O2/c1-9-4-14-16-7-11(8-18(14)17-9)15(19)10-5-12-2-3-13(6-10)20-12/h4,7-8,10,12-13H,2-3,5-6H2,1H3. The Hall–Kier alpha value is -1.75. The van der Waals surface area contributed by atoms with Crippen LogP contribution in [0.1, 0.15) is 41.7 Å². The number of hydrogen-bond acceptors (Lipinski definition) is 4. The molecule has 0 aliphatic carbocycles. The number of carbonyl (C=O) groups excluding carboxylic acids is 1. The van der Waals surface area contributed by atoms with Crippen LogP contribution in [-0.2, 0) is 4.74 Å². The van der Waals surface area contributed by atoms with Crippen molar-refractivity contribution < 1.29 is 9.53 Å². The molecule has 5 nitrogen and oxygen atoms in total. The van der Waals surface area contributed by atoms with Gasteiger partial charge in [-0.2, -0.15) is 5.10 Å². The van der Waals surface area contributed by atoms with Gasteiger partial charge < -0.3 is 4.74 Å². The maximum absolute atomic E-state index is 12.6. The van der Waals surface area contributed by atoms with Crippen LogP contribution in [0.25, 0.3) is 5.65 Å². The molecule has 2 unspecified atom stereocenters. The first kappa shape index (κ1) is 12.0. The first-order valence-corrected chi connectivity index (χ1v) is 7.21. The van der Waals surface area contributed by atoms with Gasteiger partial charge in [0.2, 0.25) is 0 Å². The summed E-state index contributed by atoms with van der Waals surface area (Å²) in [6, 6.07) is 1.91. The van der Waals surface area contributed by atoms with Crippen LogP contribution in [-0.4, -0.2) is 32.6 Å². The average molecular weight is 271 g/mol. The molecule has 2 atom stereocenters. The molecule has 0 spiro atoms. The largest absolute Gasteiger partial charge is 0.375 e. The Bertz CT molecular complexity index is 667. The molecule has 5 heteroatoms. The molecule has 2 fully saturated rings. The van der Waals surface area contributed by atoms with Crippen molar-refractivity contribution in [3.05, 3.63) is 29.7 Å². The summed E-state index contributed by atoms with van der Waals surface area (Å²) < 4.78 is 7.49. The molecule has 0 aromatic carbocycles. The number of carbonyl (C=O) groups is 1. The molecular formula is C15H17N3O2. The van der Waals surface area contributed by atoms with Crippen molar-refractivity contribution in [2.75, 3.05) is 0 Å². The van der Waals surface area contributed by atoms with Crippen LogP contribution in [0.2, 0.25) is 0 Å². The van der Waals surface area contributed by atoms with E-state index in [4.69, 9.17) is 4.74 Å². The van der Waals surface area contributed by atoms with Crippen molar-refractivity contribution in [2.24, 2.45) is 5.92 Å². The molecule has 2 aromatic rings. The highest BCUT2D eigenvalue weighted by atomic mass is 16.5. The number of Topliss-reactive ketones (excluding diaryl/α,β-unsaturated/α-hetero) is 1. The summed E-state index contributed by atoms with van der Waals surface area (Å²) in [6.45, 7) is 1.92. The van der Waals surface area contributed by atoms with E-state index in [0.717, 1.165) is 37.0 Å². The van der Waals surface area contributed by atoms with E-state index in [2.05, 4.69) is 10.1 Å². The number of hydrogen-bond donors (Lipinski definition) is 0. The number of nitrogens with zero attached hydrogens (tertiary/aromatic N) is 3. The van der Waals surface area contributed by atoms with Gasteiger partial charge in [0.15, 0.2) is 11.4 Å². The lowest BCUT2D eigenvalue weighted by molar-refractivity contribution is -0.0149. The smallest absolute Gasteiger partial charge is 0.169 e. The third-order valence-electron chi connectivity index (χ3n) is 4.38. The summed E-state index contributed by atoms with van der Waals surface area (Å²) in [7, 11) is 0. The summed E-state index contributed by atoms with van der Waals surface area (Å²) in [4.78, 5) is 17.0. The van der Waals surface area contributed by atoms with E-state index in [0.29, 0.717) is 5.56 Å². The van der Waals surface area contributed by atoms with Gasteiger partial charge in [0.1, 0.15) is 0 Å². The van der Waals surface area contributed by atoms with Crippen molar-refractivity contribution in [1.29, 1.82) is 0 Å². The minimum atomic E-state index is 0.0807. The van der Waals surface area contributed by atoms with E-state index in [1.165, 1.54) is 0 Å². The van der Waals surface area contributed by atoms with Gasteiger partial charge in [0.25, 0.3) is 0 Å². The Morgan fingerprint density at radius 3 is 2.85 bits per heavy atom. The molecule has 2 aliphatic heterocycles. The molecule has 0 N–H and O–H groups in total. The molecule has 2 aliphatic rings. The Morgan fingerprint density at radius 1 is 1.35 bits per heavy atom. The van der Waals surface area contributed by atoms with Gasteiger partial charge in [-0.1, -0.05) is 0 Å². The van der Waals surface area contributed by atoms with Gasteiger partial charge in [-0.15, -0.1) is 0 Å². The Labute approximate surface area is 117 Å². The quantitative estimate of drug-likeness (QED) is 0.786. The van der Waals surface area contributed by atoms with Crippen LogP contribution in [0.3, 0.4) is 0 Å². The molecule has 2 bridgehead atoms. The fourth-order valence-corrected chi connectivity index (χ4v) is 3.43. The lowest BCUT2D eigenvalue weighted by Crippen LogP contribution is -2.30. The Kier molecular flexibility index (Phi) is 2.63. The van der Waals surface area contributed by atoms with Gasteiger partial charge in [-0.25, -0.2) is 9.50 Å². The van der Waals surface area contributed by atoms with E-state index in [9.17, 15) is 4.79 Å². The number of fused-ring (bicyclic) bond motifs is 3. The molecule has 0 amide bonds. The van der Waals surface area contributed by atoms with Crippen LogP contribution in [0, 0.1) is 12.8 Å². The number of rotatable bonds is 2. The molecule has 0 radical (unpaired) electrons. The summed E-state index contributed by atoms with van der Waals surface area (Å²) in [5.41, 5.74) is 2.35.